The highest BCUT2D eigenvalue weighted by Gasteiger charge is 2.35. The average Bonchev–Trinajstić information content (AvgIpc) is 3.06. The Morgan fingerprint density at radius 2 is 2.14 bits per heavy atom. The number of nitro groups is 1. The molecule has 2 heterocycles. The summed E-state index contributed by atoms with van der Waals surface area (Å²) in [7, 11) is 1.32. The number of nitrogens with zero attached hydrogens (tertiary/aromatic N) is 3. The third kappa shape index (κ3) is 4.69. The van der Waals surface area contributed by atoms with E-state index in [0.717, 1.165) is 12.2 Å². The molecule has 0 radical (unpaired) electrons. The lowest BCUT2D eigenvalue weighted by Crippen LogP contribution is -2.30. The van der Waals surface area contributed by atoms with Crippen LogP contribution in [0.25, 0.3) is 0 Å². The molecule has 1 atom stereocenters. The van der Waals surface area contributed by atoms with E-state index in [1.54, 1.807) is 25.3 Å². The second-order valence-electron chi connectivity index (χ2n) is 6.13. The summed E-state index contributed by atoms with van der Waals surface area (Å²) in [5.41, 5.74) is 2.42. The molecule has 1 aromatic heterocycles. The number of hydrogen-bond donors (Lipinski definition) is 2. The third-order valence-corrected chi connectivity index (χ3v) is 4.47. The first-order chi connectivity index (χ1) is 13.0. The monoisotopic (exact) mass is 443 g/mol. The SMILES string of the molecule is CCNCc1cnc2n1C(c1cccc([N+](=O)[O-])c1)C(C(=O)OC)=C(C)N2.Cl.Cl. The van der Waals surface area contributed by atoms with Crippen LogP contribution in [0.2, 0.25) is 0 Å². The number of allylic oxidation sites excluding steroid dienone is 1. The Kier molecular flexibility index (Phi) is 8.62. The van der Waals surface area contributed by atoms with Crippen LogP contribution < -0.4 is 10.6 Å². The van der Waals surface area contributed by atoms with Gasteiger partial charge in [0.15, 0.2) is 0 Å². The summed E-state index contributed by atoms with van der Waals surface area (Å²) in [6, 6.07) is 5.70. The van der Waals surface area contributed by atoms with E-state index in [-0.39, 0.29) is 30.5 Å². The molecule has 158 valence electrons. The molecular formula is C18H23Cl2N5O4. The number of rotatable bonds is 6. The maximum atomic E-state index is 12.5. The maximum Gasteiger partial charge on any atom is 0.337 e. The highest BCUT2D eigenvalue weighted by Crippen LogP contribution is 2.38. The number of methoxy groups -OCH3 is 1. The Balaban J connectivity index is 0.00000210. The van der Waals surface area contributed by atoms with Crippen molar-refractivity contribution in [3.63, 3.8) is 0 Å². The fourth-order valence-electron chi connectivity index (χ4n) is 3.23. The van der Waals surface area contributed by atoms with Crippen LogP contribution in [0.5, 0.6) is 0 Å². The lowest BCUT2D eigenvalue weighted by molar-refractivity contribution is -0.384. The molecule has 29 heavy (non-hydrogen) atoms. The first-order valence-electron chi connectivity index (χ1n) is 8.55. The summed E-state index contributed by atoms with van der Waals surface area (Å²) in [6.07, 6.45) is 1.73. The van der Waals surface area contributed by atoms with Crippen molar-refractivity contribution in [1.29, 1.82) is 0 Å². The van der Waals surface area contributed by atoms with Gasteiger partial charge in [-0.1, -0.05) is 19.1 Å². The van der Waals surface area contributed by atoms with Gasteiger partial charge in [-0.25, -0.2) is 9.78 Å². The average molecular weight is 444 g/mol. The van der Waals surface area contributed by atoms with Gasteiger partial charge in [-0.05, 0) is 19.0 Å². The molecular weight excluding hydrogens is 421 g/mol. The predicted molar refractivity (Wildman–Crippen MR) is 114 cm³/mol. The second-order valence-corrected chi connectivity index (χ2v) is 6.13. The number of ether oxygens (including phenoxy) is 1. The molecule has 0 bridgehead atoms. The molecule has 1 unspecified atom stereocenters. The van der Waals surface area contributed by atoms with E-state index in [0.29, 0.717) is 29.3 Å². The molecule has 0 amide bonds. The van der Waals surface area contributed by atoms with Crippen LogP contribution in [0.15, 0.2) is 41.7 Å². The normalized spacial score (nSPS) is 14.8. The van der Waals surface area contributed by atoms with Gasteiger partial charge in [-0.3, -0.25) is 10.1 Å². The van der Waals surface area contributed by atoms with Gasteiger partial charge < -0.3 is 19.9 Å². The van der Waals surface area contributed by atoms with Gasteiger partial charge in [0.05, 0.1) is 35.5 Å². The van der Waals surface area contributed by atoms with Crippen molar-refractivity contribution in [1.82, 2.24) is 14.9 Å². The van der Waals surface area contributed by atoms with Crippen molar-refractivity contribution in [3.8, 4) is 0 Å². The summed E-state index contributed by atoms with van der Waals surface area (Å²) in [4.78, 5) is 27.7. The zero-order valence-electron chi connectivity index (χ0n) is 16.2. The van der Waals surface area contributed by atoms with Gasteiger partial charge >= 0.3 is 5.97 Å². The van der Waals surface area contributed by atoms with Crippen LogP contribution in [0, 0.1) is 10.1 Å². The van der Waals surface area contributed by atoms with Crippen LogP contribution in [-0.2, 0) is 16.1 Å². The van der Waals surface area contributed by atoms with E-state index < -0.39 is 16.9 Å². The molecule has 3 rings (SSSR count). The van der Waals surface area contributed by atoms with E-state index in [1.165, 1.54) is 19.2 Å². The van der Waals surface area contributed by atoms with Gasteiger partial charge in [0.25, 0.3) is 5.69 Å². The molecule has 1 aromatic carbocycles. The minimum atomic E-state index is -0.579. The summed E-state index contributed by atoms with van der Waals surface area (Å²) in [6.45, 7) is 5.07. The molecule has 0 fully saturated rings. The van der Waals surface area contributed by atoms with Crippen molar-refractivity contribution >= 4 is 42.4 Å². The highest BCUT2D eigenvalue weighted by atomic mass is 35.5. The minimum Gasteiger partial charge on any atom is -0.466 e. The zero-order chi connectivity index (χ0) is 19.6. The van der Waals surface area contributed by atoms with Gasteiger partial charge in [-0.2, -0.15) is 0 Å². The number of carbonyl (C=O) groups is 1. The number of aromatic nitrogens is 2. The summed E-state index contributed by atoms with van der Waals surface area (Å²) in [5.74, 6) is 0.0785. The number of nitrogens with one attached hydrogen (secondary N) is 2. The van der Waals surface area contributed by atoms with Crippen molar-refractivity contribution in [3.05, 3.63) is 63.1 Å². The number of non-ortho nitro benzene ring substituents is 1. The van der Waals surface area contributed by atoms with E-state index >= 15 is 0 Å². The number of fused-ring (bicyclic) bond motifs is 1. The number of carbonyl (C=O) groups excluding carboxylic acids is 1. The van der Waals surface area contributed by atoms with Crippen molar-refractivity contribution in [2.75, 3.05) is 19.0 Å². The maximum absolute atomic E-state index is 12.5. The second kappa shape index (κ2) is 10.2. The van der Waals surface area contributed by atoms with E-state index in [4.69, 9.17) is 4.74 Å². The molecule has 1 aliphatic heterocycles. The molecule has 0 spiro atoms. The number of hydrogen-bond acceptors (Lipinski definition) is 7. The largest absolute Gasteiger partial charge is 0.466 e. The Hall–Kier alpha value is -2.62. The summed E-state index contributed by atoms with van der Waals surface area (Å²) < 4.78 is 6.86. The van der Waals surface area contributed by atoms with Gasteiger partial charge in [0.2, 0.25) is 5.95 Å². The molecule has 2 aromatic rings. The smallest absolute Gasteiger partial charge is 0.337 e. The topological polar surface area (TPSA) is 111 Å². The number of anilines is 1. The van der Waals surface area contributed by atoms with E-state index in [9.17, 15) is 14.9 Å². The number of imidazole rings is 1. The molecule has 0 saturated carbocycles. The van der Waals surface area contributed by atoms with Crippen LogP contribution in [0.1, 0.15) is 31.1 Å². The van der Waals surface area contributed by atoms with Crippen LogP contribution >= 0.6 is 24.8 Å². The number of halogens is 2. The Morgan fingerprint density at radius 3 is 2.76 bits per heavy atom. The van der Waals surface area contributed by atoms with Crippen molar-refractivity contribution in [2.45, 2.75) is 26.4 Å². The van der Waals surface area contributed by atoms with Gasteiger partial charge in [-0.15, -0.1) is 24.8 Å². The van der Waals surface area contributed by atoms with Crippen LogP contribution in [0.4, 0.5) is 11.6 Å². The van der Waals surface area contributed by atoms with Crippen molar-refractivity contribution < 1.29 is 14.5 Å². The molecule has 0 saturated heterocycles. The molecule has 0 aliphatic carbocycles. The van der Waals surface area contributed by atoms with Gasteiger partial charge in [0.1, 0.15) is 0 Å². The van der Waals surface area contributed by atoms with Crippen LogP contribution in [-0.4, -0.2) is 34.1 Å². The first kappa shape index (κ1) is 24.4. The fraction of sp³-hybridized carbons (Fsp3) is 0.333. The van der Waals surface area contributed by atoms with Crippen molar-refractivity contribution in [2.24, 2.45) is 0 Å². The highest BCUT2D eigenvalue weighted by molar-refractivity contribution is 5.92. The predicted octanol–water partition coefficient (Wildman–Crippen LogP) is 3.21. The Bertz CT molecular complexity index is 929. The number of benzene rings is 1. The minimum absolute atomic E-state index is 0. The quantitative estimate of drug-likeness (QED) is 0.400. The van der Waals surface area contributed by atoms with Crippen LogP contribution in [0.3, 0.4) is 0 Å². The molecule has 9 nitrogen and oxygen atoms in total. The Labute approximate surface area is 180 Å². The van der Waals surface area contributed by atoms with E-state index in [1.807, 2.05) is 11.5 Å². The lowest BCUT2D eigenvalue weighted by atomic mass is 9.94. The molecule has 2 N–H and O–H groups in total. The lowest BCUT2D eigenvalue weighted by Gasteiger charge is -2.30. The molecule has 11 heteroatoms. The number of nitro benzene ring substituents is 1. The third-order valence-electron chi connectivity index (χ3n) is 4.47. The number of esters is 1. The molecule has 1 aliphatic rings. The first-order valence-corrected chi connectivity index (χ1v) is 8.55. The summed E-state index contributed by atoms with van der Waals surface area (Å²) >= 11 is 0. The van der Waals surface area contributed by atoms with Gasteiger partial charge in [0, 0.05) is 24.4 Å². The fourth-order valence-corrected chi connectivity index (χ4v) is 3.23. The van der Waals surface area contributed by atoms with E-state index in [2.05, 4.69) is 15.6 Å². The summed E-state index contributed by atoms with van der Waals surface area (Å²) in [5, 5.41) is 17.6. The Morgan fingerprint density at radius 1 is 1.41 bits per heavy atom. The zero-order valence-corrected chi connectivity index (χ0v) is 17.8. The standard InChI is InChI=1S/C18H21N5O4.2ClH/c1-4-19-9-14-10-20-18-21-11(2)15(17(24)27-3)16(22(14)18)12-6-5-7-13(8-12)23(25)26;;/h5-8,10,16,19H,4,9H2,1-3H3,(H,20,21);2*1H.